The third-order valence-corrected chi connectivity index (χ3v) is 2.84. The first-order valence-electron chi connectivity index (χ1n) is 5.53. The van der Waals surface area contributed by atoms with Crippen LogP contribution in [-0.2, 0) is 0 Å². The zero-order chi connectivity index (χ0) is 13.6. The van der Waals surface area contributed by atoms with Gasteiger partial charge in [-0.1, -0.05) is 6.07 Å². The summed E-state index contributed by atoms with van der Waals surface area (Å²) in [6, 6.07) is 4.28. The lowest BCUT2D eigenvalue weighted by Gasteiger charge is -2.01. The van der Waals surface area contributed by atoms with Crippen LogP contribution in [0.2, 0.25) is 0 Å². The normalized spacial score (nSPS) is 11.1. The van der Waals surface area contributed by atoms with E-state index in [2.05, 4.69) is 19.9 Å². The monoisotopic (exact) mass is 260 g/mol. The SMILES string of the molecule is Cc1ccc(F)cc1-c1nc2[nH]c(=O)[nH]c(=O)c2[nH]1. The van der Waals surface area contributed by atoms with E-state index in [4.69, 9.17) is 0 Å². The van der Waals surface area contributed by atoms with Gasteiger partial charge in [-0.05, 0) is 24.6 Å². The number of nitrogens with one attached hydrogen (secondary N) is 3. The average molecular weight is 260 g/mol. The second kappa shape index (κ2) is 3.91. The van der Waals surface area contributed by atoms with Crippen LogP contribution in [0.3, 0.4) is 0 Å². The van der Waals surface area contributed by atoms with Crippen molar-refractivity contribution in [3.05, 3.63) is 50.4 Å². The third kappa shape index (κ3) is 1.85. The van der Waals surface area contributed by atoms with E-state index < -0.39 is 17.1 Å². The van der Waals surface area contributed by atoms with Gasteiger partial charge in [-0.15, -0.1) is 0 Å². The summed E-state index contributed by atoms with van der Waals surface area (Å²) in [7, 11) is 0. The summed E-state index contributed by atoms with van der Waals surface area (Å²) >= 11 is 0. The number of nitrogens with zero attached hydrogens (tertiary/aromatic N) is 1. The Bertz CT molecular complexity index is 891. The predicted octanol–water partition coefficient (Wildman–Crippen LogP) is 1.05. The fraction of sp³-hybridized carbons (Fsp3) is 0.0833. The Kier molecular flexibility index (Phi) is 2.34. The number of hydrogen-bond acceptors (Lipinski definition) is 3. The maximum Gasteiger partial charge on any atom is 0.327 e. The lowest BCUT2D eigenvalue weighted by atomic mass is 10.1. The summed E-state index contributed by atoms with van der Waals surface area (Å²) in [5.41, 5.74) is 0.444. The van der Waals surface area contributed by atoms with Crippen molar-refractivity contribution in [1.82, 2.24) is 19.9 Å². The van der Waals surface area contributed by atoms with Crippen LogP contribution in [-0.4, -0.2) is 19.9 Å². The summed E-state index contributed by atoms with van der Waals surface area (Å²) in [4.78, 5) is 34.1. The van der Waals surface area contributed by atoms with Crippen molar-refractivity contribution in [2.45, 2.75) is 6.92 Å². The Morgan fingerprint density at radius 2 is 1.95 bits per heavy atom. The van der Waals surface area contributed by atoms with Crippen molar-refractivity contribution in [3.8, 4) is 11.4 Å². The summed E-state index contributed by atoms with van der Waals surface area (Å²) in [6.45, 7) is 1.80. The van der Waals surface area contributed by atoms with Crippen molar-refractivity contribution in [2.75, 3.05) is 0 Å². The molecule has 0 bridgehead atoms. The Morgan fingerprint density at radius 1 is 1.16 bits per heavy atom. The number of benzene rings is 1. The first-order valence-corrected chi connectivity index (χ1v) is 5.53. The summed E-state index contributed by atoms with van der Waals surface area (Å²) in [6.07, 6.45) is 0. The zero-order valence-corrected chi connectivity index (χ0v) is 9.87. The average Bonchev–Trinajstić information content (AvgIpc) is 2.76. The molecule has 7 heteroatoms. The highest BCUT2D eigenvalue weighted by Gasteiger charge is 2.11. The molecule has 3 rings (SSSR count). The number of aromatic amines is 3. The van der Waals surface area contributed by atoms with Gasteiger partial charge in [-0.2, -0.15) is 0 Å². The van der Waals surface area contributed by atoms with E-state index in [1.54, 1.807) is 13.0 Å². The van der Waals surface area contributed by atoms with Crippen LogP contribution in [0.5, 0.6) is 0 Å². The first-order chi connectivity index (χ1) is 9.04. The number of rotatable bonds is 1. The maximum atomic E-state index is 13.3. The molecule has 0 atom stereocenters. The molecule has 0 aliphatic carbocycles. The molecule has 1 aromatic carbocycles. The first kappa shape index (κ1) is 11.4. The highest BCUT2D eigenvalue weighted by molar-refractivity contribution is 5.75. The minimum atomic E-state index is -0.633. The molecule has 0 aliphatic rings. The fourth-order valence-corrected chi connectivity index (χ4v) is 1.91. The van der Waals surface area contributed by atoms with Crippen LogP contribution in [0.15, 0.2) is 27.8 Å². The molecule has 0 aliphatic heterocycles. The Labute approximate surface area is 105 Å². The van der Waals surface area contributed by atoms with Gasteiger partial charge in [0.2, 0.25) is 0 Å². The topological polar surface area (TPSA) is 94.4 Å². The molecule has 0 spiro atoms. The molecule has 3 aromatic rings. The van der Waals surface area contributed by atoms with Gasteiger partial charge < -0.3 is 4.98 Å². The predicted molar refractivity (Wildman–Crippen MR) is 67.5 cm³/mol. The van der Waals surface area contributed by atoms with Gasteiger partial charge in [0.15, 0.2) is 5.65 Å². The van der Waals surface area contributed by atoms with Crippen molar-refractivity contribution in [1.29, 1.82) is 0 Å². The van der Waals surface area contributed by atoms with Crippen LogP contribution < -0.4 is 11.2 Å². The second-order valence-corrected chi connectivity index (χ2v) is 4.18. The zero-order valence-electron chi connectivity index (χ0n) is 9.87. The summed E-state index contributed by atoms with van der Waals surface area (Å²) < 4.78 is 13.3. The molecular weight excluding hydrogens is 251 g/mol. The van der Waals surface area contributed by atoms with Crippen molar-refractivity contribution >= 4 is 11.2 Å². The molecule has 3 N–H and O–H groups in total. The smallest absolute Gasteiger partial charge is 0.327 e. The maximum absolute atomic E-state index is 13.3. The van der Waals surface area contributed by atoms with E-state index in [1.807, 2.05) is 0 Å². The van der Waals surface area contributed by atoms with Gasteiger partial charge in [0.05, 0.1) is 0 Å². The third-order valence-electron chi connectivity index (χ3n) is 2.84. The van der Waals surface area contributed by atoms with Gasteiger partial charge >= 0.3 is 5.69 Å². The number of aryl methyl sites for hydroxylation is 1. The molecule has 2 heterocycles. The molecule has 96 valence electrons. The van der Waals surface area contributed by atoms with E-state index >= 15 is 0 Å². The summed E-state index contributed by atoms with van der Waals surface area (Å²) in [5.74, 6) is -0.0668. The molecule has 0 fully saturated rings. The molecule has 0 saturated carbocycles. The van der Waals surface area contributed by atoms with Crippen molar-refractivity contribution in [2.24, 2.45) is 0 Å². The summed E-state index contributed by atoms with van der Waals surface area (Å²) in [5, 5.41) is 0. The van der Waals surface area contributed by atoms with Crippen LogP contribution in [0.4, 0.5) is 4.39 Å². The number of aromatic nitrogens is 4. The van der Waals surface area contributed by atoms with Gasteiger partial charge in [-0.25, -0.2) is 14.2 Å². The molecule has 19 heavy (non-hydrogen) atoms. The van der Waals surface area contributed by atoms with E-state index in [0.29, 0.717) is 11.4 Å². The van der Waals surface area contributed by atoms with Gasteiger partial charge in [-0.3, -0.25) is 14.8 Å². The second-order valence-electron chi connectivity index (χ2n) is 4.18. The molecule has 0 saturated heterocycles. The highest BCUT2D eigenvalue weighted by Crippen LogP contribution is 2.22. The minimum Gasteiger partial charge on any atom is -0.332 e. The highest BCUT2D eigenvalue weighted by atomic mass is 19.1. The fourth-order valence-electron chi connectivity index (χ4n) is 1.91. The van der Waals surface area contributed by atoms with Crippen molar-refractivity contribution in [3.63, 3.8) is 0 Å². The largest absolute Gasteiger partial charge is 0.332 e. The molecule has 2 aromatic heterocycles. The van der Waals surface area contributed by atoms with E-state index in [0.717, 1.165) is 5.56 Å². The molecule has 0 radical (unpaired) electrons. The van der Waals surface area contributed by atoms with Gasteiger partial charge in [0.1, 0.15) is 17.2 Å². The van der Waals surface area contributed by atoms with Crippen molar-refractivity contribution < 1.29 is 4.39 Å². The lowest BCUT2D eigenvalue weighted by molar-refractivity contribution is 0.628. The van der Waals surface area contributed by atoms with E-state index in [-0.39, 0.29) is 11.2 Å². The van der Waals surface area contributed by atoms with Crippen LogP contribution in [0, 0.1) is 12.7 Å². The number of hydrogen-bond donors (Lipinski definition) is 3. The number of halogens is 1. The molecule has 0 amide bonds. The van der Waals surface area contributed by atoms with E-state index in [9.17, 15) is 14.0 Å². The van der Waals surface area contributed by atoms with Crippen LogP contribution in [0.1, 0.15) is 5.56 Å². The van der Waals surface area contributed by atoms with Gasteiger partial charge in [0, 0.05) is 5.56 Å². The Balaban J connectivity index is 2.32. The molecule has 0 unspecified atom stereocenters. The standard InChI is InChI=1S/C12H9FN4O2/c1-5-2-3-6(13)4-7(5)9-14-8-10(15-9)16-12(19)17-11(8)18/h2-4H,1H3,(H3,14,15,16,17,18,19). The van der Waals surface area contributed by atoms with E-state index in [1.165, 1.54) is 12.1 Å². The quantitative estimate of drug-likeness (QED) is 0.610. The van der Waals surface area contributed by atoms with Crippen LogP contribution in [0.25, 0.3) is 22.6 Å². The lowest BCUT2D eigenvalue weighted by Crippen LogP contribution is -2.21. The number of H-pyrrole nitrogens is 3. The molecule has 6 nitrogen and oxygen atoms in total. The number of fused-ring (bicyclic) bond motifs is 1. The van der Waals surface area contributed by atoms with Gasteiger partial charge in [0.25, 0.3) is 5.56 Å². The molecular formula is C12H9FN4O2. The minimum absolute atomic E-state index is 0.146. The Morgan fingerprint density at radius 3 is 2.74 bits per heavy atom. The van der Waals surface area contributed by atoms with Crippen LogP contribution >= 0.6 is 0 Å². The number of imidazole rings is 1. The Hall–Kier alpha value is -2.70.